The predicted molar refractivity (Wildman–Crippen MR) is 102 cm³/mol. The van der Waals surface area contributed by atoms with Gasteiger partial charge in [-0.1, -0.05) is 23.7 Å². The minimum atomic E-state index is 0.194. The minimum Gasteiger partial charge on any atom is -0.372 e. The first-order chi connectivity index (χ1) is 12.4. The van der Waals surface area contributed by atoms with Crippen LogP contribution in [0.25, 0.3) is 11.3 Å². The van der Waals surface area contributed by atoms with Crippen LogP contribution in [-0.4, -0.2) is 46.1 Å². The van der Waals surface area contributed by atoms with Crippen LogP contribution < -0.4 is 0 Å². The van der Waals surface area contributed by atoms with Crippen LogP contribution in [0.4, 0.5) is 0 Å². The molecule has 0 N–H and O–H groups in total. The number of benzene rings is 1. The Labute approximate surface area is 159 Å². The van der Waals surface area contributed by atoms with Gasteiger partial charge >= 0.3 is 0 Å². The van der Waals surface area contributed by atoms with E-state index in [1.54, 1.807) is 6.07 Å². The van der Waals surface area contributed by atoms with E-state index >= 15 is 0 Å². The Balaban J connectivity index is 1.55. The second-order valence-corrected chi connectivity index (χ2v) is 7.36. The molecular weight excluding hydrogens is 350 g/mol. The highest BCUT2D eigenvalue weighted by Crippen LogP contribution is 2.23. The number of aryl methyl sites for hydroxylation is 2. The topological polar surface area (TPSA) is 55.3 Å². The molecule has 0 radical (unpaired) electrons. The molecule has 1 aliphatic heterocycles. The van der Waals surface area contributed by atoms with E-state index in [1.165, 1.54) is 11.9 Å². The maximum atomic E-state index is 12.3. The summed E-state index contributed by atoms with van der Waals surface area (Å²) in [4.78, 5) is 22.3. The van der Waals surface area contributed by atoms with Crippen molar-refractivity contribution in [2.24, 2.45) is 0 Å². The first-order valence-corrected chi connectivity index (χ1v) is 9.31. The van der Waals surface area contributed by atoms with Crippen LogP contribution in [0.1, 0.15) is 31.4 Å². The number of rotatable bonds is 6. The van der Waals surface area contributed by atoms with E-state index in [0.29, 0.717) is 24.7 Å². The standard InChI is InChI=1S/C20H24ClN3O2/c1-13(2)26-17-10-24(11-17)20(25)7-6-15-4-5-16(8-14(15)3)18-9-19(21)23-12-22-18/h4-5,8-9,12-13,17H,6-7,10-11H2,1-3H3. The number of carbonyl (C=O) groups excluding carboxylic acids is 1. The van der Waals surface area contributed by atoms with E-state index < -0.39 is 0 Å². The monoisotopic (exact) mass is 373 g/mol. The summed E-state index contributed by atoms with van der Waals surface area (Å²) in [6, 6.07) is 7.91. The SMILES string of the molecule is Cc1cc(-c2cc(Cl)ncn2)ccc1CCC(=O)N1CC(OC(C)C)C1. The van der Waals surface area contributed by atoms with Crippen LogP contribution >= 0.6 is 11.6 Å². The highest BCUT2D eigenvalue weighted by molar-refractivity contribution is 6.29. The van der Waals surface area contributed by atoms with Gasteiger partial charge in [-0.15, -0.1) is 0 Å². The number of likely N-dealkylation sites (tertiary alicyclic amines) is 1. The number of nitrogens with zero attached hydrogens (tertiary/aromatic N) is 3. The molecule has 1 aliphatic rings. The molecular formula is C20H24ClN3O2. The molecule has 3 rings (SSSR count). The first kappa shape index (κ1) is 18.8. The molecule has 6 heteroatoms. The Morgan fingerprint density at radius 1 is 1.31 bits per heavy atom. The van der Waals surface area contributed by atoms with Gasteiger partial charge in [0.2, 0.25) is 5.91 Å². The van der Waals surface area contributed by atoms with Gasteiger partial charge in [-0.05, 0) is 44.4 Å². The molecule has 5 nitrogen and oxygen atoms in total. The quantitative estimate of drug-likeness (QED) is 0.725. The van der Waals surface area contributed by atoms with Crippen molar-refractivity contribution in [1.29, 1.82) is 0 Å². The zero-order valence-electron chi connectivity index (χ0n) is 15.4. The molecule has 0 spiro atoms. The molecule has 26 heavy (non-hydrogen) atoms. The molecule has 1 aromatic heterocycles. The van der Waals surface area contributed by atoms with Gasteiger partial charge in [-0.25, -0.2) is 9.97 Å². The van der Waals surface area contributed by atoms with Gasteiger partial charge in [0.1, 0.15) is 11.5 Å². The third kappa shape index (κ3) is 4.59. The van der Waals surface area contributed by atoms with Gasteiger partial charge < -0.3 is 9.64 Å². The number of aromatic nitrogens is 2. The Hall–Kier alpha value is -1.98. The van der Waals surface area contributed by atoms with Crippen LogP contribution in [-0.2, 0) is 16.0 Å². The first-order valence-electron chi connectivity index (χ1n) is 8.93. The third-order valence-corrected chi connectivity index (χ3v) is 4.75. The van der Waals surface area contributed by atoms with E-state index in [-0.39, 0.29) is 18.1 Å². The zero-order chi connectivity index (χ0) is 18.7. The Bertz CT molecular complexity index is 788. The molecule has 0 aliphatic carbocycles. The summed E-state index contributed by atoms with van der Waals surface area (Å²) >= 11 is 5.94. The molecule has 0 bridgehead atoms. The summed E-state index contributed by atoms with van der Waals surface area (Å²) in [6.07, 6.45) is 3.13. The lowest BCUT2D eigenvalue weighted by Gasteiger charge is -2.40. The van der Waals surface area contributed by atoms with E-state index in [4.69, 9.17) is 16.3 Å². The third-order valence-electron chi connectivity index (χ3n) is 4.55. The van der Waals surface area contributed by atoms with Crippen molar-refractivity contribution >= 4 is 17.5 Å². The molecule has 1 fully saturated rings. The zero-order valence-corrected chi connectivity index (χ0v) is 16.2. The van der Waals surface area contributed by atoms with Crippen LogP contribution in [0.3, 0.4) is 0 Å². The fourth-order valence-electron chi connectivity index (χ4n) is 3.14. The second-order valence-electron chi connectivity index (χ2n) is 6.97. The fourth-order valence-corrected chi connectivity index (χ4v) is 3.29. The predicted octanol–water partition coefficient (Wildman–Crippen LogP) is 3.67. The summed E-state index contributed by atoms with van der Waals surface area (Å²) in [5.41, 5.74) is 4.12. The minimum absolute atomic E-state index is 0.194. The van der Waals surface area contributed by atoms with E-state index in [0.717, 1.165) is 23.2 Å². The lowest BCUT2D eigenvalue weighted by atomic mass is 9.99. The molecule has 0 saturated carbocycles. The Kier molecular flexibility index (Phi) is 5.89. The number of ether oxygens (including phenoxy) is 1. The fraction of sp³-hybridized carbons (Fsp3) is 0.450. The van der Waals surface area contributed by atoms with E-state index in [9.17, 15) is 4.79 Å². The second kappa shape index (κ2) is 8.14. The summed E-state index contributed by atoms with van der Waals surface area (Å²) in [7, 11) is 0. The molecule has 1 amide bonds. The number of amides is 1. The molecule has 2 aromatic rings. The van der Waals surface area contributed by atoms with Crippen molar-refractivity contribution in [1.82, 2.24) is 14.9 Å². The molecule has 0 unspecified atom stereocenters. The largest absolute Gasteiger partial charge is 0.372 e. The normalized spacial score (nSPS) is 14.6. The average molecular weight is 374 g/mol. The van der Waals surface area contributed by atoms with E-state index in [2.05, 4.69) is 29.0 Å². The molecule has 2 heterocycles. The van der Waals surface area contributed by atoms with Gasteiger partial charge in [0.25, 0.3) is 0 Å². The number of halogens is 1. The van der Waals surface area contributed by atoms with Crippen LogP contribution in [0.2, 0.25) is 5.15 Å². The van der Waals surface area contributed by atoms with Gasteiger partial charge in [0.15, 0.2) is 0 Å². The summed E-state index contributed by atoms with van der Waals surface area (Å²) in [5, 5.41) is 0.427. The van der Waals surface area contributed by atoms with Crippen molar-refractivity contribution < 1.29 is 9.53 Å². The van der Waals surface area contributed by atoms with Gasteiger partial charge in [0, 0.05) is 31.1 Å². The highest BCUT2D eigenvalue weighted by Gasteiger charge is 2.31. The van der Waals surface area contributed by atoms with Crippen molar-refractivity contribution in [2.75, 3.05) is 13.1 Å². The van der Waals surface area contributed by atoms with Crippen molar-refractivity contribution in [3.8, 4) is 11.3 Å². The van der Waals surface area contributed by atoms with E-state index in [1.807, 2.05) is 24.8 Å². The molecule has 0 atom stereocenters. The Morgan fingerprint density at radius 2 is 2.08 bits per heavy atom. The van der Waals surface area contributed by atoms with Crippen LogP contribution in [0, 0.1) is 6.92 Å². The van der Waals surface area contributed by atoms with Gasteiger partial charge in [-0.3, -0.25) is 4.79 Å². The summed E-state index contributed by atoms with van der Waals surface area (Å²) in [6.45, 7) is 7.52. The summed E-state index contributed by atoms with van der Waals surface area (Å²) in [5.74, 6) is 0.194. The lowest BCUT2D eigenvalue weighted by molar-refractivity contribution is -0.148. The highest BCUT2D eigenvalue weighted by atomic mass is 35.5. The number of carbonyl (C=O) groups is 1. The van der Waals surface area contributed by atoms with Gasteiger partial charge in [0.05, 0.1) is 17.9 Å². The Morgan fingerprint density at radius 3 is 2.73 bits per heavy atom. The van der Waals surface area contributed by atoms with Crippen molar-refractivity contribution in [2.45, 2.75) is 45.8 Å². The maximum Gasteiger partial charge on any atom is 0.223 e. The molecule has 138 valence electrons. The molecule has 1 aromatic carbocycles. The van der Waals surface area contributed by atoms with Gasteiger partial charge in [-0.2, -0.15) is 0 Å². The smallest absolute Gasteiger partial charge is 0.223 e. The van der Waals surface area contributed by atoms with Crippen molar-refractivity contribution in [3.63, 3.8) is 0 Å². The number of hydrogen-bond acceptors (Lipinski definition) is 4. The van der Waals surface area contributed by atoms with Crippen LogP contribution in [0.5, 0.6) is 0 Å². The van der Waals surface area contributed by atoms with Crippen LogP contribution in [0.15, 0.2) is 30.6 Å². The van der Waals surface area contributed by atoms with Crippen molar-refractivity contribution in [3.05, 3.63) is 46.9 Å². The average Bonchev–Trinajstić information content (AvgIpc) is 2.56. The lowest BCUT2D eigenvalue weighted by Crippen LogP contribution is -2.55. The summed E-state index contributed by atoms with van der Waals surface area (Å²) < 4.78 is 5.70. The maximum absolute atomic E-state index is 12.3. The number of hydrogen-bond donors (Lipinski definition) is 0. The molecule has 1 saturated heterocycles.